The summed E-state index contributed by atoms with van der Waals surface area (Å²) in [6.45, 7) is 1.52. The number of methoxy groups -OCH3 is 1. The number of aliphatic hydroxyl groups is 1. The van der Waals surface area contributed by atoms with Crippen LogP contribution in [0.2, 0.25) is 0 Å². The Hall–Kier alpha value is -1.39. The van der Waals surface area contributed by atoms with Crippen molar-refractivity contribution in [1.29, 1.82) is 0 Å². The number of hydrogen-bond donors (Lipinski definition) is 1. The molecule has 0 bridgehead atoms. The lowest BCUT2D eigenvalue weighted by molar-refractivity contribution is -0.145. The third-order valence-corrected chi connectivity index (χ3v) is 5.28. The van der Waals surface area contributed by atoms with Crippen LogP contribution in [0.15, 0.2) is 24.3 Å². The first-order valence-corrected chi connectivity index (χ1v) is 7.56. The first kappa shape index (κ1) is 14.5. The molecular formula is C17H23NO3. The summed E-state index contributed by atoms with van der Waals surface area (Å²) in [5, 5.41) is 11.3. The zero-order valence-corrected chi connectivity index (χ0v) is 12.8. The number of hydrogen-bond acceptors (Lipinski definition) is 4. The summed E-state index contributed by atoms with van der Waals surface area (Å²) in [6, 6.07) is 7.85. The summed E-state index contributed by atoms with van der Waals surface area (Å²) in [4.78, 5) is 14.3. The summed E-state index contributed by atoms with van der Waals surface area (Å²) >= 11 is 0. The molecule has 114 valence electrons. The van der Waals surface area contributed by atoms with Gasteiger partial charge in [0.05, 0.1) is 12.7 Å². The highest BCUT2D eigenvalue weighted by Crippen LogP contribution is 2.50. The second kappa shape index (κ2) is 5.11. The van der Waals surface area contributed by atoms with Crippen LogP contribution in [-0.4, -0.2) is 48.6 Å². The number of ketones is 1. The van der Waals surface area contributed by atoms with E-state index in [-0.39, 0.29) is 5.78 Å². The highest BCUT2D eigenvalue weighted by Gasteiger charge is 2.57. The Morgan fingerprint density at radius 2 is 2.14 bits per heavy atom. The average molecular weight is 289 g/mol. The first-order chi connectivity index (χ1) is 9.99. The molecule has 2 aliphatic rings. The molecule has 21 heavy (non-hydrogen) atoms. The van der Waals surface area contributed by atoms with E-state index in [0.717, 1.165) is 24.3 Å². The molecule has 1 heterocycles. The van der Waals surface area contributed by atoms with Crippen LogP contribution in [-0.2, 0) is 10.2 Å². The van der Waals surface area contributed by atoms with Gasteiger partial charge in [-0.25, -0.2) is 0 Å². The predicted octanol–water partition coefficient (Wildman–Crippen LogP) is 1.75. The number of likely N-dealkylation sites (N-methyl/N-ethyl adjacent to an activating group) is 1. The fourth-order valence-electron chi connectivity index (χ4n) is 4.07. The molecule has 2 fully saturated rings. The molecule has 0 spiro atoms. The van der Waals surface area contributed by atoms with Crippen LogP contribution < -0.4 is 4.74 Å². The maximum atomic E-state index is 12.1. The maximum absolute atomic E-state index is 12.1. The standard InChI is InChI=1S/C17H23NO3/c1-18-9-8-16(13-4-3-5-15(10-13)21-2)11-14(19)6-7-17(16,20)12-18/h3-5,10,20H,6-9,11-12H2,1-2H3. The van der Waals surface area contributed by atoms with Gasteiger partial charge in [-0.05, 0) is 44.1 Å². The highest BCUT2D eigenvalue weighted by atomic mass is 16.5. The third-order valence-electron chi connectivity index (χ3n) is 5.28. The number of fused-ring (bicyclic) bond motifs is 1. The van der Waals surface area contributed by atoms with Gasteiger partial charge in [0.1, 0.15) is 11.5 Å². The Bertz CT molecular complexity index is 559. The number of nitrogens with zero attached hydrogens (tertiary/aromatic N) is 1. The summed E-state index contributed by atoms with van der Waals surface area (Å²) < 4.78 is 5.33. The minimum absolute atomic E-state index is 0.257. The average Bonchev–Trinajstić information content (AvgIpc) is 2.48. The van der Waals surface area contributed by atoms with Crippen molar-refractivity contribution < 1.29 is 14.6 Å². The summed E-state index contributed by atoms with van der Waals surface area (Å²) in [7, 11) is 3.67. The van der Waals surface area contributed by atoms with Gasteiger partial charge in [0.15, 0.2) is 0 Å². The summed E-state index contributed by atoms with van der Waals surface area (Å²) in [5.74, 6) is 1.04. The topological polar surface area (TPSA) is 49.8 Å². The fourth-order valence-corrected chi connectivity index (χ4v) is 4.07. The van der Waals surface area contributed by atoms with Crippen molar-refractivity contribution in [2.45, 2.75) is 36.7 Å². The SMILES string of the molecule is COc1cccc(C23CCN(C)CC2(O)CCC(=O)C3)c1. The van der Waals surface area contributed by atoms with Crippen LogP contribution in [0, 0.1) is 0 Å². The maximum Gasteiger partial charge on any atom is 0.134 e. The van der Waals surface area contributed by atoms with Gasteiger partial charge in [0, 0.05) is 24.8 Å². The van der Waals surface area contributed by atoms with Crippen LogP contribution in [0.1, 0.15) is 31.2 Å². The van der Waals surface area contributed by atoms with E-state index in [9.17, 15) is 9.90 Å². The molecule has 1 N–H and O–H groups in total. The fraction of sp³-hybridized carbons (Fsp3) is 0.588. The molecule has 1 aromatic rings. The second-order valence-electron chi connectivity index (χ2n) is 6.55. The van der Waals surface area contributed by atoms with E-state index in [1.54, 1.807) is 7.11 Å². The number of carbonyl (C=O) groups excluding carboxylic acids is 1. The zero-order valence-electron chi connectivity index (χ0n) is 12.8. The molecule has 1 aromatic carbocycles. The lowest BCUT2D eigenvalue weighted by Gasteiger charge is -2.55. The van der Waals surface area contributed by atoms with Gasteiger partial charge in [0.2, 0.25) is 0 Å². The minimum Gasteiger partial charge on any atom is -0.497 e. The van der Waals surface area contributed by atoms with Gasteiger partial charge >= 0.3 is 0 Å². The normalized spacial score (nSPS) is 33.6. The van der Waals surface area contributed by atoms with Gasteiger partial charge < -0.3 is 14.7 Å². The van der Waals surface area contributed by atoms with Crippen molar-refractivity contribution in [3.8, 4) is 5.75 Å². The van der Waals surface area contributed by atoms with Gasteiger partial charge in [0.25, 0.3) is 0 Å². The van der Waals surface area contributed by atoms with Crippen molar-refractivity contribution in [1.82, 2.24) is 4.90 Å². The Morgan fingerprint density at radius 3 is 2.90 bits per heavy atom. The molecule has 1 aliphatic heterocycles. The quantitative estimate of drug-likeness (QED) is 0.901. The zero-order chi connectivity index (χ0) is 15.1. The lowest BCUT2D eigenvalue weighted by atomic mass is 9.56. The van der Waals surface area contributed by atoms with Crippen molar-refractivity contribution in [2.24, 2.45) is 0 Å². The number of ether oxygens (including phenoxy) is 1. The van der Waals surface area contributed by atoms with E-state index >= 15 is 0 Å². The van der Waals surface area contributed by atoms with Crippen LogP contribution in [0.5, 0.6) is 5.75 Å². The van der Waals surface area contributed by atoms with Gasteiger partial charge in [-0.2, -0.15) is 0 Å². The third kappa shape index (κ3) is 2.27. The van der Waals surface area contributed by atoms with E-state index in [1.807, 2.05) is 31.3 Å². The van der Waals surface area contributed by atoms with E-state index in [0.29, 0.717) is 25.8 Å². The number of benzene rings is 1. The molecule has 0 amide bonds. The Kier molecular flexibility index (Phi) is 3.54. The van der Waals surface area contributed by atoms with Gasteiger partial charge in [-0.1, -0.05) is 12.1 Å². The summed E-state index contributed by atoms with van der Waals surface area (Å²) in [5.41, 5.74) is -0.269. The smallest absolute Gasteiger partial charge is 0.134 e. The molecule has 2 unspecified atom stereocenters. The molecule has 1 saturated heterocycles. The van der Waals surface area contributed by atoms with Crippen molar-refractivity contribution in [2.75, 3.05) is 27.2 Å². The van der Waals surface area contributed by atoms with Crippen LogP contribution >= 0.6 is 0 Å². The van der Waals surface area contributed by atoms with Crippen molar-refractivity contribution >= 4 is 5.78 Å². The molecule has 4 heteroatoms. The van der Waals surface area contributed by atoms with Crippen LogP contribution in [0.3, 0.4) is 0 Å². The largest absolute Gasteiger partial charge is 0.497 e. The Balaban J connectivity index is 2.09. The minimum atomic E-state index is -0.833. The lowest BCUT2D eigenvalue weighted by Crippen LogP contribution is -2.64. The molecule has 1 saturated carbocycles. The Morgan fingerprint density at radius 1 is 1.33 bits per heavy atom. The number of rotatable bonds is 2. The highest BCUT2D eigenvalue weighted by molar-refractivity contribution is 5.82. The van der Waals surface area contributed by atoms with Crippen LogP contribution in [0.4, 0.5) is 0 Å². The predicted molar refractivity (Wildman–Crippen MR) is 80.6 cm³/mol. The van der Waals surface area contributed by atoms with Crippen molar-refractivity contribution in [3.63, 3.8) is 0 Å². The molecule has 3 rings (SSSR count). The number of Topliss-reactive ketones (excluding diaryl/α,β-unsaturated/α-hetero) is 1. The monoisotopic (exact) mass is 289 g/mol. The molecule has 0 radical (unpaired) electrons. The summed E-state index contributed by atoms with van der Waals surface area (Å²) in [6.07, 6.45) is 2.27. The Labute approximate surface area is 125 Å². The number of piperidine rings is 1. The molecule has 1 aliphatic carbocycles. The molecule has 2 atom stereocenters. The first-order valence-electron chi connectivity index (χ1n) is 7.56. The van der Waals surface area contributed by atoms with Gasteiger partial charge in [-0.15, -0.1) is 0 Å². The van der Waals surface area contributed by atoms with E-state index < -0.39 is 11.0 Å². The molecule has 4 nitrogen and oxygen atoms in total. The van der Waals surface area contributed by atoms with E-state index in [1.165, 1.54) is 0 Å². The second-order valence-corrected chi connectivity index (χ2v) is 6.55. The van der Waals surface area contributed by atoms with E-state index in [4.69, 9.17) is 4.74 Å². The number of β-amino-alcohol motifs (C(OH)–C–C–N with tert-alkyl or cyclic N) is 1. The van der Waals surface area contributed by atoms with Crippen LogP contribution in [0.25, 0.3) is 0 Å². The van der Waals surface area contributed by atoms with Gasteiger partial charge in [-0.3, -0.25) is 4.79 Å². The number of likely N-dealkylation sites (tertiary alicyclic amines) is 1. The number of carbonyl (C=O) groups is 1. The van der Waals surface area contributed by atoms with E-state index in [2.05, 4.69) is 4.90 Å². The molecule has 0 aromatic heterocycles. The van der Waals surface area contributed by atoms with Crippen molar-refractivity contribution in [3.05, 3.63) is 29.8 Å². The molecular weight excluding hydrogens is 266 g/mol.